The Morgan fingerprint density at radius 3 is 2.47 bits per heavy atom. The number of urea groups is 1. The Bertz CT molecular complexity index is 1830. The Kier molecular flexibility index (Phi) is 9.45. The van der Waals surface area contributed by atoms with Crippen LogP contribution in [0.25, 0.3) is 10.8 Å². The molecule has 0 bridgehead atoms. The molecule has 2 aliphatic heterocycles. The Labute approximate surface area is 282 Å². The molecule has 2 aliphatic rings. The summed E-state index contributed by atoms with van der Waals surface area (Å²) in [6, 6.07) is 22.2. The summed E-state index contributed by atoms with van der Waals surface area (Å²) in [5, 5.41) is 29.2. The normalized spacial score (nSPS) is 18.1. The van der Waals surface area contributed by atoms with Gasteiger partial charge in [-0.25, -0.2) is 4.79 Å². The number of fused-ring (bicyclic) bond motifs is 2. The van der Waals surface area contributed by atoms with Crippen molar-refractivity contribution < 1.29 is 24.6 Å². The lowest BCUT2D eigenvalue weighted by atomic mass is 9.98. The molecule has 0 aliphatic carbocycles. The van der Waals surface area contributed by atoms with E-state index in [0.29, 0.717) is 35.1 Å². The first kappa shape index (κ1) is 32.4. The van der Waals surface area contributed by atoms with Crippen LogP contribution in [0.15, 0.2) is 78.9 Å². The third kappa shape index (κ3) is 6.67. The molecule has 4 aromatic rings. The van der Waals surface area contributed by atoms with E-state index in [1.807, 2.05) is 49.4 Å². The van der Waals surface area contributed by atoms with Crippen molar-refractivity contribution in [2.75, 3.05) is 19.6 Å². The van der Waals surface area contributed by atoms with Gasteiger partial charge in [0.05, 0.1) is 23.1 Å². The molecule has 2 heterocycles. The van der Waals surface area contributed by atoms with Crippen LogP contribution in [-0.4, -0.2) is 79.7 Å². The van der Waals surface area contributed by atoms with E-state index in [9.17, 15) is 24.6 Å². The third-order valence-electron chi connectivity index (χ3n) is 8.68. The van der Waals surface area contributed by atoms with Crippen LogP contribution in [0.3, 0.4) is 0 Å². The van der Waals surface area contributed by atoms with Crippen molar-refractivity contribution in [3.63, 3.8) is 0 Å². The Balaban J connectivity index is 1.31. The SMILES string of the molecule is CCCN(C(=O)NCc1ccc(Cl)c(Cl)c1)N1CC(=O)N2[C@@H](Cc3ccc(O)c(O)c3)C(=O)N(Cc3cccc4ccccc34)C[C@@H]21. The van der Waals surface area contributed by atoms with Crippen LogP contribution in [0.4, 0.5) is 4.79 Å². The van der Waals surface area contributed by atoms with Crippen molar-refractivity contribution in [1.29, 1.82) is 0 Å². The van der Waals surface area contributed by atoms with Gasteiger partial charge in [0.1, 0.15) is 12.2 Å². The number of hydrazine groups is 1. The maximum Gasteiger partial charge on any atom is 0.332 e. The molecule has 4 aromatic carbocycles. The smallest absolute Gasteiger partial charge is 0.332 e. The molecular formula is C35H35Cl2N5O5. The highest BCUT2D eigenvalue weighted by Crippen LogP contribution is 2.33. The summed E-state index contributed by atoms with van der Waals surface area (Å²) in [5.74, 6) is -1.09. The number of amides is 4. The van der Waals surface area contributed by atoms with Crippen LogP contribution >= 0.6 is 23.2 Å². The number of phenols is 2. The van der Waals surface area contributed by atoms with E-state index in [2.05, 4.69) is 5.32 Å². The van der Waals surface area contributed by atoms with Gasteiger partial charge in [-0.1, -0.05) is 84.7 Å². The predicted octanol–water partition coefficient (Wildman–Crippen LogP) is 5.52. The van der Waals surface area contributed by atoms with Crippen LogP contribution in [0.1, 0.15) is 30.0 Å². The molecule has 0 saturated carbocycles. The number of carbonyl (C=O) groups is 3. The van der Waals surface area contributed by atoms with Crippen LogP contribution in [-0.2, 0) is 29.1 Å². The van der Waals surface area contributed by atoms with Crippen molar-refractivity contribution >= 4 is 51.8 Å². The zero-order valence-corrected chi connectivity index (χ0v) is 27.3. The molecule has 12 heteroatoms. The zero-order valence-electron chi connectivity index (χ0n) is 25.8. The maximum atomic E-state index is 14.2. The highest BCUT2D eigenvalue weighted by molar-refractivity contribution is 6.42. The van der Waals surface area contributed by atoms with Gasteiger partial charge in [0, 0.05) is 26.1 Å². The molecule has 0 spiro atoms. The number of hydrogen-bond acceptors (Lipinski definition) is 6. The summed E-state index contributed by atoms with van der Waals surface area (Å²) in [7, 11) is 0. The first-order valence-corrected chi connectivity index (χ1v) is 16.2. The van der Waals surface area contributed by atoms with E-state index in [1.165, 1.54) is 12.1 Å². The lowest BCUT2D eigenvalue weighted by Crippen LogP contribution is -2.66. The molecule has 4 amide bonds. The molecule has 47 heavy (non-hydrogen) atoms. The lowest BCUT2D eigenvalue weighted by Gasteiger charge is -2.46. The van der Waals surface area contributed by atoms with Crippen molar-refractivity contribution in [2.24, 2.45) is 0 Å². The van der Waals surface area contributed by atoms with Gasteiger partial charge in [-0.05, 0) is 58.1 Å². The highest BCUT2D eigenvalue weighted by Gasteiger charge is 2.52. The summed E-state index contributed by atoms with van der Waals surface area (Å²) >= 11 is 12.2. The van der Waals surface area contributed by atoms with Gasteiger partial charge in [-0.2, -0.15) is 5.01 Å². The monoisotopic (exact) mass is 675 g/mol. The summed E-state index contributed by atoms with van der Waals surface area (Å²) < 4.78 is 0. The minimum atomic E-state index is -0.895. The van der Waals surface area contributed by atoms with Crippen molar-refractivity contribution in [3.05, 3.63) is 106 Å². The van der Waals surface area contributed by atoms with Crippen LogP contribution in [0.5, 0.6) is 11.5 Å². The minimum absolute atomic E-state index is 0.0857. The first-order chi connectivity index (χ1) is 22.6. The molecule has 10 nitrogen and oxygen atoms in total. The van der Waals surface area contributed by atoms with Gasteiger partial charge in [0.25, 0.3) is 0 Å². The number of carbonyl (C=O) groups excluding carboxylic acids is 3. The maximum absolute atomic E-state index is 14.2. The molecule has 0 radical (unpaired) electrons. The molecule has 0 unspecified atom stereocenters. The second-order valence-corrected chi connectivity index (χ2v) is 12.6. The van der Waals surface area contributed by atoms with Crippen molar-refractivity contribution in [2.45, 2.75) is 45.1 Å². The Hall–Kier alpha value is -4.51. The van der Waals surface area contributed by atoms with E-state index >= 15 is 0 Å². The van der Waals surface area contributed by atoms with E-state index in [4.69, 9.17) is 23.2 Å². The van der Waals surface area contributed by atoms with E-state index in [0.717, 1.165) is 21.9 Å². The number of piperazine rings is 1. The number of benzene rings is 4. The molecule has 2 fully saturated rings. The Morgan fingerprint density at radius 2 is 1.70 bits per heavy atom. The van der Waals surface area contributed by atoms with E-state index in [1.54, 1.807) is 44.1 Å². The van der Waals surface area contributed by atoms with Crippen molar-refractivity contribution in [3.8, 4) is 11.5 Å². The standard InChI is InChI=1S/C35H35Cl2N5O5/c1-2-14-40(35(47)38-18-23-10-12-27(36)28(37)15-23)41-21-33(45)42-29(16-22-11-13-30(43)31(44)17-22)34(46)39(20-32(41)42)19-25-8-5-7-24-6-3-4-9-26(24)25/h3-13,15,17,29,32,43-44H,2,14,16,18-21H2,1H3,(H,38,47)/t29-,32+/m0/s1. The van der Waals surface area contributed by atoms with Gasteiger partial charge < -0.3 is 25.3 Å². The third-order valence-corrected chi connectivity index (χ3v) is 9.42. The van der Waals surface area contributed by atoms with Crippen molar-refractivity contribution in [1.82, 2.24) is 25.1 Å². The lowest BCUT2D eigenvalue weighted by molar-refractivity contribution is -0.157. The number of rotatable bonds is 9. The van der Waals surface area contributed by atoms with E-state index in [-0.39, 0.29) is 55.4 Å². The summed E-state index contributed by atoms with van der Waals surface area (Å²) in [4.78, 5) is 45.0. The first-order valence-electron chi connectivity index (χ1n) is 15.5. The summed E-state index contributed by atoms with van der Waals surface area (Å²) in [6.45, 7) is 2.90. The molecule has 2 atom stereocenters. The molecular weight excluding hydrogens is 641 g/mol. The largest absolute Gasteiger partial charge is 0.504 e. The number of halogens is 2. The van der Waals surface area contributed by atoms with Gasteiger partial charge in [0.15, 0.2) is 11.5 Å². The molecule has 3 N–H and O–H groups in total. The van der Waals surface area contributed by atoms with Gasteiger partial charge >= 0.3 is 6.03 Å². The Morgan fingerprint density at radius 1 is 0.936 bits per heavy atom. The number of nitrogens with one attached hydrogen (secondary N) is 1. The molecule has 6 rings (SSSR count). The minimum Gasteiger partial charge on any atom is -0.504 e. The zero-order chi connectivity index (χ0) is 33.2. The average molecular weight is 677 g/mol. The quantitative estimate of drug-likeness (QED) is 0.201. The van der Waals surface area contributed by atoms with Gasteiger partial charge in [-0.15, -0.1) is 0 Å². The second-order valence-electron chi connectivity index (χ2n) is 11.8. The fraction of sp³-hybridized carbons (Fsp3) is 0.286. The summed E-state index contributed by atoms with van der Waals surface area (Å²) in [6.07, 6.45) is 0.131. The van der Waals surface area contributed by atoms with Crippen LogP contribution in [0.2, 0.25) is 10.0 Å². The van der Waals surface area contributed by atoms with Gasteiger partial charge in [-0.3, -0.25) is 14.6 Å². The molecule has 2 saturated heterocycles. The highest BCUT2D eigenvalue weighted by atomic mass is 35.5. The second kappa shape index (κ2) is 13.7. The fourth-order valence-corrected chi connectivity index (χ4v) is 6.74. The van der Waals surface area contributed by atoms with Gasteiger partial charge in [0.2, 0.25) is 11.8 Å². The van der Waals surface area contributed by atoms with Crippen LogP contribution < -0.4 is 5.32 Å². The average Bonchev–Trinajstić information content (AvgIpc) is 3.38. The molecule has 244 valence electrons. The fourth-order valence-electron chi connectivity index (χ4n) is 6.42. The number of hydrogen-bond donors (Lipinski definition) is 3. The van der Waals surface area contributed by atoms with E-state index < -0.39 is 12.2 Å². The number of phenolic OH excluding ortho intramolecular Hbond substituents is 2. The number of nitrogens with zero attached hydrogens (tertiary/aromatic N) is 4. The predicted molar refractivity (Wildman–Crippen MR) is 180 cm³/mol. The number of aromatic hydroxyl groups is 2. The molecule has 0 aromatic heterocycles. The van der Waals surface area contributed by atoms with Crippen LogP contribution in [0, 0.1) is 0 Å². The summed E-state index contributed by atoms with van der Waals surface area (Å²) in [5.41, 5.74) is 2.32. The topological polar surface area (TPSA) is 117 Å².